The number of carbonyl (C=O) groups is 1. The smallest absolute Gasteiger partial charge is 0.365 e. The molecule has 0 saturated heterocycles. The molecule has 0 fully saturated rings. The fraction of sp³-hybridized carbons (Fsp3) is 0.294. The largest absolute Gasteiger partial charge is 0.416 e. The first-order valence-corrected chi connectivity index (χ1v) is 7.76. The molecular weight excluding hydrogens is 355 g/mol. The molecule has 1 amide bonds. The number of rotatable bonds is 3. The molecule has 2 N–H and O–H groups in total. The number of benzene rings is 1. The van der Waals surface area contributed by atoms with E-state index in [1.54, 1.807) is 6.07 Å². The molecule has 8 heteroatoms. The van der Waals surface area contributed by atoms with Gasteiger partial charge in [0.05, 0.1) is 21.8 Å². The molecule has 1 heterocycles. The van der Waals surface area contributed by atoms with E-state index < -0.39 is 17.6 Å². The Balaban J connectivity index is 2.17. The van der Waals surface area contributed by atoms with Crippen LogP contribution in [0.25, 0.3) is 0 Å². The minimum atomic E-state index is -4.52. The predicted molar refractivity (Wildman–Crippen MR) is 92.0 cm³/mol. The maximum Gasteiger partial charge on any atom is 0.416 e. The Bertz CT molecular complexity index is 768. The number of hydrogen-bond donors (Lipinski definition) is 2. The van der Waals surface area contributed by atoms with Gasteiger partial charge in [-0.3, -0.25) is 4.79 Å². The molecular formula is C17H17ClF3N3O. The van der Waals surface area contributed by atoms with E-state index in [2.05, 4.69) is 15.6 Å². The Morgan fingerprint density at radius 3 is 2.32 bits per heavy atom. The van der Waals surface area contributed by atoms with E-state index in [-0.39, 0.29) is 21.8 Å². The number of carbonyl (C=O) groups excluding carboxylic acids is 1. The van der Waals surface area contributed by atoms with Crippen LogP contribution in [-0.2, 0) is 6.18 Å². The molecule has 0 atom stereocenters. The minimum absolute atomic E-state index is 0.0142. The number of amides is 1. The second-order valence-corrected chi connectivity index (χ2v) is 6.86. The normalized spacial score (nSPS) is 12.0. The number of halogens is 4. The summed E-state index contributed by atoms with van der Waals surface area (Å²) >= 11 is 5.87. The van der Waals surface area contributed by atoms with E-state index in [0.29, 0.717) is 5.82 Å². The lowest BCUT2D eigenvalue weighted by atomic mass is 10.1. The number of nitrogens with zero attached hydrogens (tertiary/aromatic N) is 1. The van der Waals surface area contributed by atoms with E-state index in [9.17, 15) is 18.0 Å². The lowest BCUT2D eigenvalue weighted by molar-refractivity contribution is -0.137. The first-order valence-electron chi connectivity index (χ1n) is 7.38. The van der Waals surface area contributed by atoms with Gasteiger partial charge in [-0.2, -0.15) is 13.2 Å². The van der Waals surface area contributed by atoms with Gasteiger partial charge < -0.3 is 10.6 Å². The molecule has 0 spiro atoms. The fourth-order valence-corrected chi connectivity index (χ4v) is 2.14. The van der Waals surface area contributed by atoms with Crippen LogP contribution in [0.2, 0.25) is 5.02 Å². The lowest BCUT2D eigenvalue weighted by Crippen LogP contribution is -2.26. The second-order valence-electron chi connectivity index (χ2n) is 6.45. The predicted octanol–water partition coefficient (Wildman–Crippen LogP) is 5.22. The van der Waals surface area contributed by atoms with Crippen molar-refractivity contribution in [2.45, 2.75) is 32.5 Å². The van der Waals surface area contributed by atoms with Crippen molar-refractivity contribution in [1.82, 2.24) is 4.98 Å². The third-order valence-electron chi connectivity index (χ3n) is 3.07. The van der Waals surface area contributed by atoms with Crippen molar-refractivity contribution in [3.63, 3.8) is 0 Å². The van der Waals surface area contributed by atoms with E-state index >= 15 is 0 Å². The molecule has 134 valence electrons. The molecule has 2 aromatic rings. The highest BCUT2D eigenvalue weighted by molar-refractivity contribution is 6.34. The lowest BCUT2D eigenvalue weighted by Gasteiger charge is -2.21. The summed E-state index contributed by atoms with van der Waals surface area (Å²) in [5.41, 5.74) is -0.996. The van der Waals surface area contributed by atoms with E-state index in [1.807, 2.05) is 20.8 Å². The number of pyridine rings is 1. The van der Waals surface area contributed by atoms with Crippen LogP contribution in [0.3, 0.4) is 0 Å². The summed E-state index contributed by atoms with van der Waals surface area (Å²) in [6.45, 7) is 5.89. The summed E-state index contributed by atoms with van der Waals surface area (Å²) in [6.07, 6.45) is -3.18. The SMILES string of the molecule is CC(C)(C)Nc1ccc(C(=O)Nc2cc(C(F)(F)F)ccc2Cl)cn1. The Morgan fingerprint density at radius 2 is 1.80 bits per heavy atom. The summed E-state index contributed by atoms with van der Waals surface area (Å²) in [6, 6.07) is 5.89. The van der Waals surface area contributed by atoms with Crippen molar-refractivity contribution in [3.05, 3.63) is 52.7 Å². The molecule has 4 nitrogen and oxygen atoms in total. The molecule has 0 radical (unpaired) electrons. The molecule has 0 aliphatic heterocycles. The van der Waals surface area contributed by atoms with Gasteiger partial charge in [0.25, 0.3) is 5.91 Å². The van der Waals surface area contributed by atoms with Crippen molar-refractivity contribution in [3.8, 4) is 0 Å². The van der Waals surface area contributed by atoms with Gasteiger partial charge in [-0.1, -0.05) is 11.6 Å². The summed E-state index contributed by atoms with van der Waals surface area (Å²) in [7, 11) is 0. The Morgan fingerprint density at radius 1 is 1.12 bits per heavy atom. The van der Waals surface area contributed by atoms with Gasteiger partial charge in [0.1, 0.15) is 5.82 Å². The van der Waals surface area contributed by atoms with Gasteiger partial charge >= 0.3 is 6.18 Å². The summed E-state index contributed by atoms with van der Waals surface area (Å²) in [5, 5.41) is 5.53. The zero-order chi connectivity index (χ0) is 18.8. The van der Waals surface area contributed by atoms with Gasteiger partial charge in [-0.05, 0) is 51.1 Å². The highest BCUT2D eigenvalue weighted by atomic mass is 35.5. The zero-order valence-corrected chi connectivity index (χ0v) is 14.6. The van der Waals surface area contributed by atoms with Crippen molar-refractivity contribution >= 4 is 29.0 Å². The van der Waals surface area contributed by atoms with Crippen LogP contribution in [0.5, 0.6) is 0 Å². The number of hydrogen-bond acceptors (Lipinski definition) is 3. The van der Waals surface area contributed by atoms with E-state index in [1.165, 1.54) is 12.3 Å². The Kier molecular flexibility index (Phi) is 5.27. The van der Waals surface area contributed by atoms with E-state index in [4.69, 9.17) is 11.6 Å². The first-order chi connectivity index (χ1) is 11.5. The van der Waals surface area contributed by atoms with Gasteiger partial charge in [0, 0.05) is 11.7 Å². The number of alkyl halides is 3. The average Bonchev–Trinajstić information content (AvgIpc) is 2.47. The van der Waals surface area contributed by atoms with Gasteiger partial charge in [-0.25, -0.2) is 4.98 Å². The quantitative estimate of drug-likeness (QED) is 0.778. The maximum atomic E-state index is 12.8. The summed E-state index contributed by atoms with van der Waals surface area (Å²) in [5.74, 6) is -0.0165. The van der Waals surface area contributed by atoms with Crippen LogP contribution in [0, 0.1) is 0 Å². The van der Waals surface area contributed by atoms with Crippen LogP contribution in [-0.4, -0.2) is 16.4 Å². The highest BCUT2D eigenvalue weighted by Crippen LogP contribution is 2.34. The topological polar surface area (TPSA) is 54.0 Å². The van der Waals surface area contributed by atoms with E-state index in [0.717, 1.165) is 18.2 Å². The molecule has 1 aromatic heterocycles. The van der Waals surface area contributed by atoms with Crippen molar-refractivity contribution in [2.75, 3.05) is 10.6 Å². The van der Waals surface area contributed by atoms with Crippen LogP contribution in [0.4, 0.5) is 24.7 Å². The second kappa shape index (κ2) is 6.92. The number of nitrogens with one attached hydrogen (secondary N) is 2. The van der Waals surface area contributed by atoms with Crippen molar-refractivity contribution in [2.24, 2.45) is 0 Å². The van der Waals surface area contributed by atoms with Gasteiger partial charge in [0.2, 0.25) is 0 Å². The van der Waals surface area contributed by atoms with Crippen LogP contribution >= 0.6 is 11.6 Å². The summed E-state index contributed by atoms with van der Waals surface area (Å²) in [4.78, 5) is 16.3. The van der Waals surface area contributed by atoms with Gasteiger partial charge in [-0.15, -0.1) is 0 Å². The molecule has 0 aliphatic rings. The molecule has 0 aliphatic carbocycles. The molecule has 0 saturated carbocycles. The number of aromatic nitrogens is 1. The molecule has 25 heavy (non-hydrogen) atoms. The van der Waals surface area contributed by atoms with Crippen LogP contribution in [0.15, 0.2) is 36.5 Å². The zero-order valence-electron chi connectivity index (χ0n) is 13.8. The van der Waals surface area contributed by atoms with Crippen molar-refractivity contribution in [1.29, 1.82) is 0 Å². The van der Waals surface area contributed by atoms with Crippen LogP contribution < -0.4 is 10.6 Å². The molecule has 0 unspecified atom stereocenters. The summed E-state index contributed by atoms with van der Waals surface area (Å²) < 4.78 is 38.3. The monoisotopic (exact) mass is 371 g/mol. The average molecular weight is 372 g/mol. The third kappa shape index (κ3) is 5.35. The first kappa shape index (κ1) is 19.1. The van der Waals surface area contributed by atoms with Crippen LogP contribution in [0.1, 0.15) is 36.7 Å². The maximum absolute atomic E-state index is 12.8. The fourth-order valence-electron chi connectivity index (χ4n) is 1.98. The molecule has 0 bridgehead atoms. The third-order valence-corrected chi connectivity index (χ3v) is 3.40. The molecule has 1 aromatic carbocycles. The molecule has 2 rings (SSSR count). The van der Waals surface area contributed by atoms with Crippen molar-refractivity contribution < 1.29 is 18.0 Å². The number of anilines is 2. The Labute approximate surface area is 148 Å². The highest BCUT2D eigenvalue weighted by Gasteiger charge is 2.31. The Hall–Kier alpha value is -2.28. The minimum Gasteiger partial charge on any atom is -0.365 e. The van der Waals surface area contributed by atoms with Gasteiger partial charge in [0.15, 0.2) is 0 Å². The standard InChI is InChI=1S/C17H17ClF3N3O/c1-16(2,3)24-14-7-4-10(9-22-14)15(25)23-13-8-11(17(19,20)21)5-6-12(13)18/h4-9H,1-3H3,(H,22,24)(H,23,25).